The van der Waals surface area contributed by atoms with Gasteiger partial charge in [0.1, 0.15) is 0 Å². The highest BCUT2D eigenvalue weighted by atomic mass is 15.0. The molecule has 1 aromatic heterocycles. The number of hydrogen-bond donors (Lipinski definition) is 1. The van der Waals surface area contributed by atoms with Gasteiger partial charge in [0.15, 0.2) is 0 Å². The van der Waals surface area contributed by atoms with Crippen LogP contribution in [0.5, 0.6) is 0 Å². The summed E-state index contributed by atoms with van der Waals surface area (Å²) in [5.41, 5.74) is 10.2. The summed E-state index contributed by atoms with van der Waals surface area (Å²) in [6, 6.07) is 2.47. The number of hydrogen-bond acceptors (Lipinski definition) is 1. The SMILES string of the molecule is CC#CCn1c(C)cc2c1CCCC2N. The molecule has 1 unspecified atom stereocenters. The summed E-state index contributed by atoms with van der Waals surface area (Å²) in [6.45, 7) is 4.84. The second-order valence-electron chi connectivity index (χ2n) is 4.20. The average Bonchev–Trinajstić information content (AvgIpc) is 2.54. The Balaban J connectivity index is 2.40. The van der Waals surface area contributed by atoms with Gasteiger partial charge in [-0.1, -0.05) is 5.92 Å². The Labute approximate surface area is 91.5 Å². The third kappa shape index (κ3) is 1.80. The largest absolute Gasteiger partial charge is 0.337 e. The highest BCUT2D eigenvalue weighted by Crippen LogP contribution is 2.30. The Hall–Kier alpha value is -1.20. The summed E-state index contributed by atoms with van der Waals surface area (Å²) in [4.78, 5) is 0. The minimum Gasteiger partial charge on any atom is -0.337 e. The van der Waals surface area contributed by atoms with E-state index < -0.39 is 0 Å². The molecular formula is C13H18N2. The fraction of sp³-hybridized carbons (Fsp3) is 0.538. The van der Waals surface area contributed by atoms with Crippen LogP contribution in [0.25, 0.3) is 0 Å². The highest BCUT2D eigenvalue weighted by Gasteiger charge is 2.21. The first-order valence-electron chi connectivity index (χ1n) is 5.58. The van der Waals surface area contributed by atoms with Gasteiger partial charge >= 0.3 is 0 Å². The van der Waals surface area contributed by atoms with Crippen LogP contribution in [-0.4, -0.2) is 4.57 Å². The first-order chi connectivity index (χ1) is 7.24. The van der Waals surface area contributed by atoms with E-state index >= 15 is 0 Å². The van der Waals surface area contributed by atoms with Crippen LogP contribution >= 0.6 is 0 Å². The van der Waals surface area contributed by atoms with Gasteiger partial charge in [-0.2, -0.15) is 0 Å². The van der Waals surface area contributed by atoms with E-state index in [1.54, 1.807) is 0 Å². The van der Waals surface area contributed by atoms with Crippen molar-refractivity contribution in [2.45, 2.75) is 45.7 Å². The normalized spacial score (nSPS) is 19.3. The molecule has 1 atom stereocenters. The molecule has 80 valence electrons. The third-order valence-corrected chi connectivity index (χ3v) is 3.19. The second-order valence-corrected chi connectivity index (χ2v) is 4.20. The molecule has 1 aliphatic rings. The Morgan fingerprint density at radius 1 is 1.60 bits per heavy atom. The van der Waals surface area contributed by atoms with Gasteiger partial charge in [-0.25, -0.2) is 0 Å². The fourth-order valence-electron chi connectivity index (χ4n) is 2.38. The summed E-state index contributed by atoms with van der Waals surface area (Å²) in [6.07, 6.45) is 3.48. The van der Waals surface area contributed by atoms with Crippen LogP contribution in [0.4, 0.5) is 0 Å². The van der Waals surface area contributed by atoms with Crippen LogP contribution in [0.1, 0.15) is 42.8 Å². The highest BCUT2D eigenvalue weighted by molar-refractivity contribution is 5.33. The van der Waals surface area contributed by atoms with E-state index in [1.165, 1.54) is 23.4 Å². The van der Waals surface area contributed by atoms with Crippen LogP contribution in [0.2, 0.25) is 0 Å². The van der Waals surface area contributed by atoms with Crippen molar-refractivity contribution in [1.29, 1.82) is 0 Å². The topological polar surface area (TPSA) is 30.9 Å². The molecule has 15 heavy (non-hydrogen) atoms. The lowest BCUT2D eigenvalue weighted by molar-refractivity contribution is 0.549. The summed E-state index contributed by atoms with van der Waals surface area (Å²) < 4.78 is 2.31. The zero-order valence-electron chi connectivity index (χ0n) is 9.51. The standard InChI is InChI=1S/C13H18N2/c1-3-4-8-15-10(2)9-11-12(14)6-5-7-13(11)15/h9,12H,5-8,14H2,1-2H3. The number of nitrogens with two attached hydrogens (primary N) is 1. The maximum atomic E-state index is 6.11. The van der Waals surface area contributed by atoms with Crippen LogP contribution in [-0.2, 0) is 13.0 Å². The van der Waals surface area contributed by atoms with Crippen molar-refractivity contribution in [2.75, 3.05) is 0 Å². The lowest BCUT2D eigenvalue weighted by atomic mass is 9.93. The molecule has 0 amide bonds. The van der Waals surface area contributed by atoms with Crippen LogP contribution in [0, 0.1) is 18.8 Å². The molecule has 2 heteroatoms. The lowest BCUT2D eigenvalue weighted by Crippen LogP contribution is -2.18. The number of rotatable bonds is 1. The fourth-order valence-corrected chi connectivity index (χ4v) is 2.38. The van der Waals surface area contributed by atoms with E-state index in [2.05, 4.69) is 29.4 Å². The van der Waals surface area contributed by atoms with Crippen molar-refractivity contribution in [2.24, 2.45) is 5.73 Å². The molecule has 0 aliphatic heterocycles. The van der Waals surface area contributed by atoms with Crippen molar-refractivity contribution in [3.05, 3.63) is 23.0 Å². The number of aromatic nitrogens is 1. The predicted molar refractivity (Wildman–Crippen MR) is 62.5 cm³/mol. The Morgan fingerprint density at radius 2 is 2.40 bits per heavy atom. The zero-order valence-corrected chi connectivity index (χ0v) is 9.51. The summed E-state index contributed by atoms with van der Waals surface area (Å²) in [7, 11) is 0. The molecule has 1 heterocycles. The summed E-state index contributed by atoms with van der Waals surface area (Å²) in [5, 5.41) is 0. The minimum absolute atomic E-state index is 0.239. The molecule has 2 nitrogen and oxygen atoms in total. The van der Waals surface area contributed by atoms with Gasteiger partial charge in [-0.15, -0.1) is 5.92 Å². The third-order valence-electron chi connectivity index (χ3n) is 3.19. The van der Waals surface area contributed by atoms with Crippen molar-refractivity contribution in [1.82, 2.24) is 4.57 Å². The molecule has 2 N–H and O–H groups in total. The molecule has 0 saturated carbocycles. The molecule has 0 radical (unpaired) electrons. The van der Waals surface area contributed by atoms with E-state index in [0.717, 1.165) is 19.4 Å². The zero-order chi connectivity index (χ0) is 10.8. The van der Waals surface area contributed by atoms with Crippen molar-refractivity contribution in [3.63, 3.8) is 0 Å². The number of nitrogens with zero attached hydrogens (tertiary/aromatic N) is 1. The van der Waals surface area contributed by atoms with Crippen LogP contribution in [0.15, 0.2) is 6.07 Å². The lowest BCUT2D eigenvalue weighted by Gasteiger charge is -2.20. The molecule has 1 aromatic rings. The minimum atomic E-state index is 0.239. The summed E-state index contributed by atoms with van der Waals surface area (Å²) in [5.74, 6) is 6.08. The molecule has 0 spiro atoms. The molecule has 2 rings (SSSR count). The van der Waals surface area contributed by atoms with E-state index in [4.69, 9.17) is 5.73 Å². The van der Waals surface area contributed by atoms with Gasteiger partial charge in [0, 0.05) is 17.4 Å². The smallest absolute Gasteiger partial charge is 0.0836 e. The van der Waals surface area contributed by atoms with E-state index in [9.17, 15) is 0 Å². The Kier molecular flexibility index (Phi) is 2.83. The summed E-state index contributed by atoms with van der Waals surface area (Å²) >= 11 is 0. The number of aryl methyl sites for hydroxylation is 1. The predicted octanol–water partition coefficient (Wildman–Crippen LogP) is 2.16. The van der Waals surface area contributed by atoms with Gasteiger partial charge in [0.25, 0.3) is 0 Å². The van der Waals surface area contributed by atoms with E-state index in [-0.39, 0.29) is 6.04 Å². The Morgan fingerprint density at radius 3 is 3.13 bits per heavy atom. The van der Waals surface area contributed by atoms with Gasteiger partial charge in [-0.05, 0) is 44.7 Å². The molecule has 0 fully saturated rings. The molecular weight excluding hydrogens is 184 g/mol. The maximum Gasteiger partial charge on any atom is 0.0836 e. The molecule has 0 saturated heterocycles. The molecule has 0 aromatic carbocycles. The number of fused-ring (bicyclic) bond motifs is 1. The van der Waals surface area contributed by atoms with Gasteiger partial charge in [0.2, 0.25) is 0 Å². The Bertz CT molecular complexity index is 418. The van der Waals surface area contributed by atoms with Crippen LogP contribution in [0.3, 0.4) is 0 Å². The van der Waals surface area contributed by atoms with E-state index in [1.807, 2.05) is 6.92 Å². The first-order valence-corrected chi connectivity index (χ1v) is 5.58. The van der Waals surface area contributed by atoms with Crippen LogP contribution < -0.4 is 5.73 Å². The van der Waals surface area contributed by atoms with Crippen molar-refractivity contribution in [3.8, 4) is 11.8 Å². The maximum absolute atomic E-state index is 6.11. The van der Waals surface area contributed by atoms with Gasteiger partial charge in [0.05, 0.1) is 6.54 Å². The quantitative estimate of drug-likeness (QED) is 0.695. The van der Waals surface area contributed by atoms with Gasteiger partial charge < -0.3 is 10.3 Å². The van der Waals surface area contributed by atoms with Gasteiger partial charge in [-0.3, -0.25) is 0 Å². The average molecular weight is 202 g/mol. The van der Waals surface area contributed by atoms with Crippen molar-refractivity contribution < 1.29 is 0 Å². The molecule has 0 bridgehead atoms. The second kappa shape index (κ2) is 4.12. The van der Waals surface area contributed by atoms with Crippen molar-refractivity contribution >= 4 is 0 Å². The molecule has 1 aliphatic carbocycles. The van der Waals surface area contributed by atoms with E-state index in [0.29, 0.717) is 0 Å². The first kappa shape index (κ1) is 10.3. The monoisotopic (exact) mass is 202 g/mol.